The predicted molar refractivity (Wildman–Crippen MR) is 65.1 cm³/mol. The lowest BCUT2D eigenvalue weighted by molar-refractivity contribution is -0.141. The van der Waals surface area contributed by atoms with Crippen LogP contribution in [0.1, 0.15) is 13.3 Å². The number of nitrogens with one attached hydrogen (secondary N) is 1. The summed E-state index contributed by atoms with van der Waals surface area (Å²) in [4.78, 5) is 24.2. The topological polar surface area (TPSA) is 78.9 Å². The Hall–Kier alpha value is -0.950. The van der Waals surface area contributed by atoms with Crippen LogP contribution >= 0.6 is 11.8 Å². The van der Waals surface area contributed by atoms with Gasteiger partial charge >= 0.3 is 12.0 Å². The average Bonchev–Trinajstić information content (AvgIpc) is 2.66. The summed E-state index contributed by atoms with van der Waals surface area (Å²) < 4.78 is 4.87. The lowest BCUT2D eigenvalue weighted by Gasteiger charge is -2.25. The molecule has 1 aliphatic rings. The minimum atomic E-state index is -0.950. The Morgan fingerprint density at radius 2 is 2.29 bits per heavy atom. The quantitative estimate of drug-likeness (QED) is 0.709. The minimum absolute atomic E-state index is 0.0986. The second kappa shape index (κ2) is 6.70. The molecule has 1 heterocycles. The van der Waals surface area contributed by atoms with Gasteiger partial charge in [-0.25, -0.2) is 9.59 Å². The van der Waals surface area contributed by atoms with Crippen LogP contribution in [0.15, 0.2) is 0 Å². The number of carbonyl (C=O) groups excluding carboxylic acids is 1. The Kier molecular flexibility index (Phi) is 5.57. The zero-order valence-corrected chi connectivity index (χ0v) is 10.8. The highest BCUT2D eigenvalue weighted by atomic mass is 32.2. The Labute approximate surface area is 105 Å². The van der Waals surface area contributed by atoms with Gasteiger partial charge in [0.1, 0.15) is 6.04 Å². The van der Waals surface area contributed by atoms with Crippen molar-refractivity contribution in [2.45, 2.75) is 24.8 Å². The van der Waals surface area contributed by atoms with Crippen LogP contribution in [-0.2, 0) is 9.53 Å². The third-order valence-electron chi connectivity index (χ3n) is 2.54. The number of nitrogens with zero attached hydrogens (tertiary/aromatic N) is 1. The van der Waals surface area contributed by atoms with Crippen LogP contribution in [0.5, 0.6) is 0 Å². The van der Waals surface area contributed by atoms with Gasteiger partial charge in [0.15, 0.2) is 0 Å². The monoisotopic (exact) mass is 262 g/mol. The van der Waals surface area contributed by atoms with Gasteiger partial charge in [-0.15, -0.1) is 11.8 Å². The summed E-state index contributed by atoms with van der Waals surface area (Å²) in [5.41, 5.74) is 0. The number of carbonyl (C=O) groups is 2. The van der Waals surface area contributed by atoms with E-state index in [9.17, 15) is 9.59 Å². The number of hydrogen-bond donors (Lipinski definition) is 2. The third-order valence-corrected chi connectivity index (χ3v) is 3.76. The summed E-state index contributed by atoms with van der Waals surface area (Å²) in [6.45, 7) is 2.90. The predicted octanol–water partition coefficient (Wildman–Crippen LogP) is 0.581. The third kappa shape index (κ3) is 3.78. The highest BCUT2D eigenvalue weighted by Gasteiger charge is 2.39. The maximum atomic E-state index is 11.8. The summed E-state index contributed by atoms with van der Waals surface area (Å²) in [5, 5.41) is 11.6. The molecule has 2 amide bonds. The Bertz CT molecular complexity index is 287. The molecule has 0 aromatic carbocycles. The average molecular weight is 262 g/mol. The van der Waals surface area contributed by atoms with Gasteiger partial charge in [0.2, 0.25) is 0 Å². The van der Waals surface area contributed by atoms with Gasteiger partial charge in [-0.05, 0) is 13.3 Å². The standard InChI is InChI=1S/C10H18N2O4S/c1-7-12(8(6-17-7)9(13)14)10(15)11-4-3-5-16-2/h7-8H,3-6H2,1-2H3,(H,11,15)(H,13,14). The first-order valence-electron chi connectivity index (χ1n) is 5.47. The van der Waals surface area contributed by atoms with Crippen LogP contribution in [0, 0.1) is 0 Å². The van der Waals surface area contributed by atoms with Gasteiger partial charge in [0, 0.05) is 26.0 Å². The molecule has 0 aliphatic carbocycles. The summed E-state index contributed by atoms with van der Waals surface area (Å²) >= 11 is 1.47. The number of amides is 2. The molecule has 2 N–H and O–H groups in total. The normalized spacial score (nSPS) is 23.8. The van der Waals surface area contributed by atoms with Gasteiger partial charge in [-0.2, -0.15) is 0 Å². The first-order chi connectivity index (χ1) is 8.07. The van der Waals surface area contributed by atoms with Crippen LogP contribution in [-0.4, -0.2) is 59.4 Å². The second-order valence-electron chi connectivity index (χ2n) is 3.77. The molecule has 98 valence electrons. The van der Waals surface area contributed by atoms with E-state index in [1.807, 2.05) is 6.92 Å². The van der Waals surface area contributed by atoms with Crippen molar-refractivity contribution in [3.8, 4) is 0 Å². The maximum Gasteiger partial charge on any atom is 0.327 e. The van der Waals surface area contributed by atoms with Crippen molar-refractivity contribution in [2.24, 2.45) is 0 Å². The number of carboxylic acid groups (broad SMARTS) is 1. The summed E-state index contributed by atoms with van der Waals surface area (Å²) in [7, 11) is 1.60. The van der Waals surface area contributed by atoms with Crippen LogP contribution < -0.4 is 5.32 Å². The fourth-order valence-electron chi connectivity index (χ4n) is 1.64. The van der Waals surface area contributed by atoms with E-state index < -0.39 is 12.0 Å². The van der Waals surface area contributed by atoms with Crippen LogP contribution in [0.25, 0.3) is 0 Å². The van der Waals surface area contributed by atoms with Crippen LogP contribution in [0.3, 0.4) is 0 Å². The Balaban J connectivity index is 2.45. The Morgan fingerprint density at radius 3 is 2.88 bits per heavy atom. The zero-order chi connectivity index (χ0) is 12.8. The number of methoxy groups -OCH3 is 1. The van der Waals surface area contributed by atoms with Crippen molar-refractivity contribution < 1.29 is 19.4 Å². The van der Waals surface area contributed by atoms with Crippen LogP contribution in [0.4, 0.5) is 4.79 Å². The number of rotatable bonds is 5. The fourth-order valence-corrected chi connectivity index (χ4v) is 2.81. The van der Waals surface area contributed by atoms with E-state index in [0.717, 1.165) is 6.42 Å². The van der Waals surface area contributed by atoms with Gasteiger partial charge in [-0.1, -0.05) is 0 Å². The van der Waals surface area contributed by atoms with E-state index in [-0.39, 0.29) is 11.4 Å². The van der Waals surface area contributed by atoms with Crippen molar-refractivity contribution in [1.29, 1.82) is 0 Å². The number of aliphatic carboxylic acids is 1. The molecule has 0 spiro atoms. The van der Waals surface area contributed by atoms with Crippen molar-refractivity contribution >= 4 is 23.8 Å². The highest BCUT2D eigenvalue weighted by molar-refractivity contribution is 8.00. The molecule has 17 heavy (non-hydrogen) atoms. The highest BCUT2D eigenvalue weighted by Crippen LogP contribution is 2.28. The number of ether oxygens (including phenoxy) is 1. The van der Waals surface area contributed by atoms with Crippen molar-refractivity contribution in [3.05, 3.63) is 0 Å². The molecule has 7 heteroatoms. The minimum Gasteiger partial charge on any atom is -0.480 e. The molecule has 2 atom stereocenters. The molecule has 1 saturated heterocycles. The van der Waals surface area contributed by atoms with Crippen molar-refractivity contribution in [3.63, 3.8) is 0 Å². The van der Waals surface area contributed by atoms with Crippen molar-refractivity contribution in [2.75, 3.05) is 26.0 Å². The van der Waals surface area contributed by atoms with E-state index >= 15 is 0 Å². The molecule has 0 bridgehead atoms. The Morgan fingerprint density at radius 1 is 1.59 bits per heavy atom. The zero-order valence-electron chi connectivity index (χ0n) is 10.0. The number of urea groups is 1. The molecule has 0 aromatic rings. The SMILES string of the molecule is COCCCNC(=O)N1C(C)SCC1C(=O)O. The van der Waals surface area contributed by atoms with Crippen LogP contribution in [0.2, 0.25) is 0 Å². The lowest BCUT2D eigenvalue weighted by Crippen LogP contribution is -2.49. The first kappa shape index (κ1) is 14.1. The number of thioether (sulfide) groups is 1. The summed E-state index contributed by atoms with van der Waals surface area (Å²) in [6.07, 6.45) is 0.718. The smallest absolute Gasteiger partial charge is 0.327 e. The van der Waals surface area contributed by atoms with E-state index in [0.29, 0.717) is 18.9 Å². The molecule has 1 rings (SSSR count). The van der Waals surface area contributed by atoms with Gasteiger partial charge in [0.05, 0.1) is 5.37 Å². The largest absolute Gasteiger partial charge is 0.480 e. The van der Waals surface area contributed by atoms with Crippen molar-refractivity contribution in [1.82, 2.24) is 10.2 Å². The van der Waals surface area contributed by atoms with E-state index in [4.69, 9.17) is 9.84 Å². The molecule has 1 fully saturated rings. The van der Waals surface area contributed by atoms with Gasteiger partial charge < -0.3 is 15.2 Å². The lowest BCUT2D eigenvalue weighted by atomic mass is 10.3. The maximum absolute atomic E-state index is 11.8. The molecule has 0 radical (unpaired) electrons. The molecule has 0 saturated carbocycles. The second-order valence-corrected chi connectivity index (χ2v) is 5.12. The fraction of sp³-hybridized carbons (Fsp3) is 0.800. The number of carboxylic acids is 1. The number of hydrogen-bond acceptors (Lipinski definition) is 4. The molecule has 1 aliphatic heterocycles. The molecular weight excluding hydrogens is 244 g/mol. The molecule has 2 unspecified atom stereocenters. The van der Waals surface area contributed by atoms with E-state index in [1.54, 1.807) is 7.11 Å². The van der Waals surface area contributed by atoms with E-state index in [2.05, 4.69) is 5.32 Å². The summed E-state index contributed by atoms with van der Waals surface area (Å²) in [6, 6.07) is -1.04. The first-order valence-corrected chi connectivity index (χ1v) is 6.52. The molecule has 0 aromatic heterocycles. The van der Waals surface area contributed by atoms with E-state index in [1.165, 1.54) is 16.7 Å². The molecule has 6 nitrogen and oxygen atoms in total. The molecular formula is C10H18N2O4S. The van der Waals surface area contributed by atoms with Gasteiger partial charge in [0.25, 0.3) is 0 Å². The van der Waals surface area contributed by atoms with Gasteiger partial charge in [-0.3, -0.25) is 4.90 Å². The summed E-state index contributed by atoms with van der Waals surface area (Å²) in [5.74, 6) is -0.504.